The number of pyridine rings is 2. The number of fused-ring (bicyclic) bond motifs is 5. The summed E-state index contributed by atoms with van der Waals surface area (Å²) in [7, 11) is 0. The van der Waals surface area contributed by atoms with Crippen LogP contribution >= 0.6 is 0 Å². The molecule has 5 aromatic rings. The van der Waals surface area contributed by atoms with Crippen LogP contribution < -0.4 is 0 Å². The van der Waals surface area contributed by atoms with Crippen molar-refractivity contribution in [2.75, 3.05) is 0 Å². The predicted molar refractivity (Wildman–Crippen MR) is 108 cm³/mol. The first-order chi connectivity index (χ1) is 13.7. The van der Waals surface area contributed by atoms with Gasteiger partial charge in [-0.15, -0.1) is 0 Å². The smallest absolute Gasteiger partial charge is 0.150 e. The standard InChI is InChI=1S/C23H12N2O3/c26-10-13-1-3-20-16(6-13)8-19-22(24-20)9-17(12-28)18-7-15-5-14(11-27)2-4-21(15)25-23(18)19/h1-12H. The Morgan fingerprint density at radius 1 is 0.571 bits per heavy atom. The van der Waals surface area contributed by atoms with Gasteiger partial charge in [0.1, 0.15) is 12.6 Å². The van der Waals surface area contributed by atoms with Gasteiger partial charge in [-0.1, -0.05) is 0 Å². The SMILES string of the molecule is O=Cc1ccc2nc3cc(C=O)c4cc5cc(C=O)ccc5nc4c3cc2c1. The molecule has 2 aromatic heterocycles. The summed E-state index contributed by atoms with van der Waals surface area (Å²) in [5.74, 6) is 0. The van der Waals surface area contributed by atoms with E-state index in [-0.39, 0.29) is 0 Å². The van der Waals surface area contributed by atoms with Gasteiger partial charge >= 0.3 is 0 Å². The summed E-state index contributed by atoms with van der Waals surface area (Å²) in [5.41, 5.74) is 4.41. The van der Waals surface area contributed by atoms with Crippen LogP contribution in [0.1, 0.15) is 31.1 Å². The number of carbonyl (C=O) groups is 3. The van der Waals surface area contributed by atoms with Crippen LogP contribution in [-0.4, -0.2) is 28.8 Å². The highest BCUT2D eigenvalue weighted by Gasteiger charge is 2.12. The van der Waals surface area contributed by atoms with Gasteiger partial charge in [-0.3, -0.25) is 14.4 Å². The molecule has 0 bridgehead atoms. The molecule has 132 valence electrons. The summed E-state index contributed by atoms with van der Waals surface area (Å²) >= 11 is 0. The molecule has 0 atom stereocenters. The van der Waals surface area contributed by atoms with E-state index in [9.17, 15) is 14.4 Å². The Kier molecular flexibility index (Phi) is 3.49. The normalized spacial score (nSPS) is 11.3. The van der Waals surface area contributed by atoms with Crippen LogP contribution in [0, 0.1) is 0 Å². The number of aldehydes is 3. The molecule has 0 aliphatic rings. The van der Waals surface area contributed by atoms with Gasteiger partial charge < -0.3 is 0 Å². The monoisotopic (exact) mass is 364 g/mol. The van der Waals surface area contributed by atoms with Crippen molar-refractivity contribution in [2.24, 2.45) is 0 Å². The molecule has 5 rings (SSSR count). The van der Waals surface area contributed by atoms with E-state index < -0.39 is 0 Å². The lowest BCUT2D eigenvalue weighted by molar-refractivity contribution is 0.111. The molecular weight excluding hydrogens is 352 g/mol. The minimum absolute atomic E-state index is 0.491. The second-order valence-electron chi connectivity index (χ2n) is 6.66. The highest BCUT2D eigenvalue weighted by molar-refractivity contribution is 6.15. The maximum absolute atomic E-state index is 11.7. The average Bonchev–Trinajstić information content (AvgIpc) is 2.75. The van der Waals surface area contributed by atoms with E-state index in [1.54, 1.807) is 42.5 Å². The largest absolute Gasteiger partial charge is 0.298 e. The summed E-state index contributed by atoms with van der Waals surface area (Å²) in [6.45, 7) is 0. The van der Waals surface area contributed by atoms with Crippen molar-refractivity contribution in [1.29, 1.82) is 0 Å². The summed E-state index contributed by atoms with van der Waals surface area (Å²) in [6.07, 6.45) is 2.37. The number of rotatable bonds is 3. The van der Waals surface area contributed by atoms with E-state index in [1.807, 2.05) is 12.1 Å². The van der Waals surface area contributed by atoms with Crippen molar-refractivity contribution in [3.8, 4) is 0 Å². The van der Waals surface area contributed by atoms with Crippen LogP contribution in [0.15, 0.2) is 54.6 Å². The van der Waals surface area contributed by atoms with Crippen LogP contribution in [0.4, 0.5) is 0 Å². The predicted octanol–water partition coefficient (Wildman–Crippen LogP) is 4.53. The molecule has 0 saturated carbocycles. The number of carbonyl (C=O) groups excluding carboxylic acids is 3. The number of hydrogen-bond acceptors (Lipinski definition) is 5. The van der Waals surface area contributed by atoms with Crippen LogP contribution in [0.5, 0.6) is 0 Å². The Bertz CT molecular complexity index is 1470. The van der Waals surface area contributed by atoms with Gasteiger partial charge in [0.05, 0.1) is 22.1 Å². The van der Waals surface area contributed by atoms with Crippen LogP contribution in [0.3, 0.4) is 0 Å². The zero-order chi connectivity index (χ0) is 19.3. The molecule has 0 radical (unpaired) electrons. The molecule has 0 N–H and O–H groups in total. The third kappa shape index (κ3) is 2.37. The van der Waals surface area contributed by atoms with E-state index in [4.69, 9.17) is 4.98 Å². The van der Waals surface area contributed by atoms with Gasteiger partial charge in [-0.2, -0.15) is 0 Å². The summed E-state index contributed by atoms with van der Waals surface area (Å²) in [4.78, 5) is 43.3. The van der Waals surface area contributed by atoms with Crippen molar-refractivity contribution < 1.29 is 14.4 Å². The van der Waals surface area contributed by atoms with Crippen LogP contribution in [0.25, 0.3) is 43.6 Å². The van der Waals surface area contributed by atoms with E-state index >= 15 is 0 Å². The minimum Gasteiger partial charge on any atom is -0.298 e. The molecule has 3 aromatic carbocycles. The summed E-state index contributed by atoms with van der Waals surface area (Å²) in [6, 6.07) is 16.1. The lowest BCUT2D eigenvalue weighted by Gasteiger charge is -2.09. The lowest BCUT2D eigenvalue weighted by atomic mass is 10.00. The first kappa shape index (κ1) is 16.2. The van der Waals surface area contributed by atoms with Crippen molar-refractivity contribution in [1.82, 2.24) is 9.97 Å². The van der Waals surface area contributed by atoms with Gasteiger partial charge in [0.25, 0.3) is 0 Å². The molecule has 0 saturated heterocycles. The summed E-state index contributed by atoms with van der Waals surface area (Å²) < 4.78 is 0. The molecule has 28 heavy (non-hydrogen) atoms. The molecule has 0 aliphatic heterocycles. The summed E-state index contributed by atoms with van der Waals surface area (Å²) in [5, 5.41) is 3.12. The van der Waals surface area contributed by atoms with Crippen molar-refractivity contribution in [3.05, 3.63) is 71.3 Å². The Morgan fingerprint density at radius 2 is 1.18 bits per heavy atom. The molecule has 0 fully saturated rings. The Labute approximate surface area is 158 Å². The third-order valence-corrected chi connectivity index (χ3v) is 4.96. The highest BCUT2D eigenvalue weighted by atomic mass is 16.1. The average molecular weight is 364 g/mol. The highest BCUT2D eigenvalue weighted by Crippen LogP contribution is 2.31. The number of aromatic nitrogens is 2. The third-order valence-electron chi connectivity index (χ3n) is 4.96. The first-order valence-electron chi connectivity index (χ1n) is 8.68. The molecular formula is C23H12N2O3. The molecule has 2 heterocycles. The number of hydrogen-bond donors (Lipinski definition) is 0. The van der Waals surface area contributed by atoms with Gasteiger partial charge in [0.15, 0.2) is 6.29 Å². The fourth-order valence-corrected chi connectivity index (χ4v) is 3.60. The van der Waals surface area contributed by atoms with Crippen LogP contribution in [-0.2, 0) is 0 Å². The maximum Gasteiger partial charge on any atom is 0.150 e. The number of benzene rings is 3. The number of nitrogens with zero attached hydrogens (tertiary/aromatic N) is 2. The minimum atomic E-state index is 0.491. The van der Waals surface area contributed by atoms with E-state index in [2.05, 4.69) is 4.98 Å². The van der Waals surface area contributed by atoms with E-state index in [0.29, 0.717) is 33.1 Å². The molecule has 0 spiro atoms. The van der Waals surface area contributed by atoms with E-state index in [1.165, 1.54) is 0 Å². The Balaban J connectivity index is 1.95. The molecule has 5 heteroatoms. The fourth-order valence-electron chi connectivity index (χ4n) is 3.60. The fraction of sp³-hybridized carbons (Fsp3) is 0. The molecule has 5 nitrogen and oxygen atoms in total. The second kappa shape index (κ2) is 6.03. The van der Waals surface area contributed by atoms with Crippen molar-refractivity contribution >= 4 is 62.5 Å². The Morgan fingerprint density at radius 3 is 1.79 bits per heavy atom. The van der Waals surface area contributed by atoms with Gasteiger partial charge in [-0.25, -0.2) is 9.97 Å². The molecule has 0 aliphatic carbocycles. The van der Waals surface area contributed by atoms with Gasteiger partial charge in [0.2, 0.25) is 0 Å². The first-order valence-corrected chi connectivity index (χ1v) is 8.68. The van der Waals surface area contributed by atoms with Gasteiger partial charge in [-0.05, 0) is 54.6 Å². The molecule has 0 unspecified atom stereocenters. The quantitative estimate of drug-likeness (QED) is 0.267. The zero-order valence-corrected chi connectivity index (χ0v) is 14.5. The second-order valence-corrected chi connectivity index (χ2v) is 6.66. The van der Waals surface area contributed by atoms with Gasteiger partial charge in [0, 0.05) is 38.2 Å². The molecule has 0 amide bonds. The maximum atomic E-state index is 11.7. The van der Waals surface area contributed by atoms with Crippen LogP contribution in [0.2, 0.25) is 0 Å². The van der Waals surface area contributed by atoms with Crippen molar-refractivity contribution in [3.63, 3.8) is 0 Å². The Hall–Kier alpha value is -3.99. The lowest BCUT2D eigenvalue weighted by Crippen LogP contribution is -1.93. The van der Waals surface area contributed by atoms with E-state index in [0.717, 1.165) is 46.1 Å². The van der Waals surface area contributed by atoms with Crippen molar-refractivity contribution in [2.45, 2.75) is 0 Å². The zero-order valence-electron chi connectivity index (χ0n) is 14.5. The topological polar surface area (TPSA) is 77.0 Å².